The number of aryl methyl sites for hydroxylation is 1. The molecule has 2 heterocycles. The predicted octanol–water partition coefficient (Wildman–Crippen LogP) is 3.40. The molecule has 0 atom stereocenters. The number of benzene rings is 2. The fourth-order valence-corrected chi connectivity index (χ4v) is 2.57. The second-order valence-electron chi connectivity index (χ2n) is 5.69. The van der Waals surface area contributed by atoms with E-state index < -0.39 is 5.82 Å². The fourth-order valence-electron chi connectivity index (χ4n) is 2.57. The van der Waals surface area contributed by atoms with Crippen LogP contribution in [0.15, 0.2) is 70.1 Å². The van der Waals surface area contributed by atoms with Gasteiger partial charge in [0.05, 0.1) is 5.69 Å². The van der Waals surface area contributed by atoms with E-state index in [0.717, 1.165) is 11.1 Å². The number of halogens is 1. The Morgan fingerprint density at radius 2 is 1.92 bits per heavy atom. The normalized spacial score (nSPS) is 10.8. The van der Waals surface area contributed by atoms with Crippen molar-refractivity contribution in [3.8, 4) is 28.7 Å². The Bertz CT molecular complexity index is 1150. The Hall–Kier alpha value is -3.61. The van der Waals surface area contributed by atoms with Crippen LogP contribution in [0.2, 0.25) is 0 Å². The lowest BCUT2D eigenvalue weighted by atomic mass is 10.1. The third kappa shape index (κ3) is 2.90. The molecule has 0 N–H and O–H groups in total. The SMILES string of the molecule is Cc1ccccc1-c1noc(-c2nn(-c3cccc(F)c3)ccc2=O)n1. The Morgan fingerprint density at radius 3 is 2.73 bits per heavy atom. The minimum absolute atomic E-state index is 0.00379. The van der Waals surface area contributed by atoms with Gasteiger partial charge in [-0.25, -0.2) is 9.07 Å². The highest BCUT2D eigenvalue weighted by atomic mass is 19.1. The zero-order valence-corrected chi connectivity index (χ0v) is 13.8. The third-order valence-electron chi connectivity index (χ3n) is 3.90. The monoisotopic (exact) mass is 348 g/mol. The average Bonchev–Trinajstić information content (AvgIpc) is 3.12. The van der Waals surface area contributed by atoms with Crippen LogP contribution in [0.1, 0.15) is 5.56 Å². The van der Waals surface area contributed by atoms with Crippen molar-refractivity contribution < 1.29 is 8.91 Å². The number of nitrogens with zero attached hydrogens (tertiary/aromatic N) is 4. The summed E-state index contributed by atoms with van der Waals surface area (Å²) in [5.74, 6) is -0.0105. The molecule has 0 aliphatic rings. The fraction of sp³-hybridized carbons (Fsp3) is 0.0526. The Morgan fingerprint density at radius 1 is 1.08 bits per heavy atom. The molecule has 4 aromatic rings. The highest BCUT2D eigenvalue weighted by molar-refractivity contribution is 5.61. The Labute approximate surface area is 147 Å². The van der Waals surface area contributed by atoms with E-state index in [-0.39, 0.29) is 17.0 Å². The highest BCUT2D eigenvalue weighted by Crippen LogP contribution is 2.22. The van der Waals surface area contributed by atoms with Crippen molar-refractivity contribution in [1.82, 2.24) is 19.9 Å². The van der Waals surface area contributed by atoms with Crippen molar-refractivity contribution in [1.29, 1.82) is 0 Å². The predicted molar refractivity (Wildman–Crippen MR) is 93.3 cm³/mol. The molecular formula is C19H13FN4O2. The van der Waals surface area contributed by atoms with E-state index in [2.05, 4.69) is 15.2 Å². The molecule has 0 aliphatic carbocycles. The van der Waals surface area contributed by atoms with Crippen LogP contribution >= 0.6 is 0 Å². The van der Waals surface area contributed by atoms with Crippen LogP contribution in [-0.2, 0) is 0 Å². The first-order valence-electron chi connectivity index (χ1n) is 7.88. The summed E-state index contributed by atoms with van der Waals surface area (Å²) in [6.45, 7) is 1.93. The lowest BCUT2D eigenvalue weighted by molar-refractivity contribution is 0.429. The molecule has 2 aromatic heterocycles. The van der Waals surface area contributed by atoms with Gasteiger partial charge in [-0.1, -0.05) is 35.5 Å². The van der Waals surface area contributed by atoms with E-state index in [1.54, 1.807) is 12.1 Å². The van der Waals surface area contributed by atoms with E-state index in [4.69, 9.17) is 4.52 Å². The summed E-state index contributed by atoms with van der Waals surface area (Å²) in [5.41, 5.74) is 1.91. The molecular weight excluding hydrogens is 335 g/mol. The van der Waals surface area contributed by atoms with Gasteiger partial charge in [-0.15, -0.1) is 0 Å². The van der Waals surface area contributed by atoms with Gasteiger partial charge in [-0.05, 0) is 30.7 Å². The van der Waals surface area contributed by atoms with Gasteiger partial charge < -0.3 is 4.52 Å². The maximum atomic E-state index is 13.4. The minimum Gasteiger partial charge on any atom is -0.332 e. The van der Waals surface area contributed by atoms with Crippen LogP contribution in [0.25, 0.3) is 28.7 Å². The number of hydrogen-bond acceptors (Lipinski definition) is 5. The summed E-state index contributed by atoms with van der Waals surface area (Å²) in [6.07, 6.45) is 1.46. The summed E-state index contributed by atoms with van der Waals surface area (Å²) < 4.78 is 20.1. The summed E-state index contributed by atoms with van der Waals surface area (Å²) in [6, 6.07) is 14.8. The van der Waals surface area contributed by atoms with Crippen molar-refractivity contribution >= 4 is 0 Å². The maximum absolute atomic E-state index is 13.4. The first-order chi connectivity index (χ1) is 12.6. The molecule has 4 rings (SSSR count). The van der Waals surface area contributed by atoms with E-state index in [0.29, 0.717) is 11.5 Å². The van der Waals surface area contributed by atoms with Gasteiger partial charge >= 0.3 is 0 Å². The zero-order valence-electron chi connectivity index (χ0n) is 13.8. The Balaban J connectivity index is 1.78. The lowest BCUT2D eigenvalue weighted by Gasteiger charge is -2.05. The van der Waals surface area contributed by atoms with E-state index >= 15 is 0 Å². The van der Waals surface area contributed by atoms with Crippen LogP contribution < -0.4 is 5.43 Å². The van der Waals surface area contributed by atoms with Gasteiger partial charge in [0.15, 0.2) is 5.69 Å². The molecule has 0 aliphatic heterocycles. The first-order valence-corrected chi connectivity index (χ1v) is 7.88. The molecule has 0 radical (unpaired) electrons. The summed E-state index contributed by atoms with van der Waals surface area (Å²) >= 11 is 0. The van der Waals surface area contributed by atoms with E-state index in [1.165, 1.54) is 29.1 Å². The van der Waals surface area contributed by atoms with Gasteiger partial charge in [0, 0.05) is 17.8 Å². The quantitative estimate of drug-likeness (QED) is 0.567. The molecule has 7 heteroatoms. The summed E-state index contributed by atoms with van der Waals surface area (Å²) in [4.78, 5) is 16.5. The van der Waals surface area contributed by atoms with Crippen LogP contribution in [0.4, 0.5) is 4.39 Å². The van der Waals surface area contributed by atoms with Gasteiger partial charge in [0.2, 0.25) is 11.3 Å². The minimum atomic E-state index is -0.399. The second kappa shape index (κ2) is 6.36. The van der Waals surface area contributed by atoms with Gasteiger partial charge in [0.25, 0.3) is 5.89 Å². The molecule has 0 fully saturated rings. The first kappa shape index (κ1) is 15.9. The molecule has 6 nitrogen and oxygen atoms in total. The smallest absolute Gasteiger partial charge is 0.282 e. The summed E-state index contributed by atoms with van der Waals surface area (Å²) in [5, 5.41) is 8.17. The summed E-state index contributed by atoms with van der Waals surface area (Å²) in [7, 11) is 0. The molecule has 2 aromatic carbocycles. The lowest BCUT2D eigenvalue weighted by Crippen LogP contribution is -2.12. The van der Waals surface area contributed by atoms with Crippen molar-refractivity contribution in [2.75, 3.05) is 0 Å². The molecule has 0 saturated heterocycles. The molecule has 0 unspecified atom stereocenters. The van der Waals surface area contributed by atoms with Crippen LogP contribution in [-0.4, -0.2) is 19.9 Å². The van der Waals surface area contributed by atoms with Gasteiger partial charge in [-0.3, -0.25) is 4.79 Å². The molecule has 0 amide bonds. The van der Waals surface area contributed by atoms with Crippen LogP contribution in [0, 0.1) is 12.7 Å². The molecule has 0 saturated carbocycles. The zero-order chi connectivity index (χ0) is 18.1. The second-order valence-corrected chi connectivity index (χ2v) is 5.69. The molecule has 0 bridgehead atoms. The number of hydrogen-bond donors (Lipinski definition) is 0. The molecule has 0 spiro atoms. The standard InChI is InChI=1S/C19H13FN4O2/c1-12-5-2-3-8-15(12)18-21-19(26-23-18)17-16(25)9-10-24(22-17)14-7-4-6-13(20)11-14/h2-11H,1H3. The average molecular weight is 348 g/mol. The largest absolute Gasteiger partial charge is 0.332 e. The third-order valence-corrected chi connectivity index (χ3v) is 3.90. The van der Waals surface area contributed by atoms with E-state index in [1.807, 2.05) is 31.2 Å². The Kier molecular flexibility index (Phi) is 3.89. The van der Waals surface area contributed by atoms with Crippen molar-refractivity contribution in [3.63, 3.8) is 0 Å². The number of rotatable bonds is 3. The van der Waals surface area contributed by atoms with Gasteiger partial charge in [0.1, 0.15) is 5.82 Å². The maximum Gasteiger partial charge on any atom is 0.282 e. The topological polar surface area (TPSA) is 73.8 Å². The van der Waals surface area contributed by atoms with Crippen LogP contribution in [0.3, 0.4) is 0 Å². The molecule has 128 valence electrons. The van der Waals surface area contributed by atoms with Crippen LogP contribution in [0.5, 0.6) is 0 Å². The van der Waals surface area contributed by atoms with Crippen molar-refractivity contribution in [3.05, 3.63) is 82.4 Å². The van der Waals surface area contributed by atoms with Gasteiger partial charge in [-0.2, -0.15) is 10.1 Å². The van der Waals surface area contributed by atoms with Crippen molar-refractivity contribution in [2.45, 2.75) is 6.92 Å². The van der Waals surface area contributed by atoms with E-state index in [9.17, 15) is 9.18 Å². The molecule has 26 heavy (non-hydrogen) atoms. The number of aromatic nitrogens is 4. The highest BCUT2D eigenvalue weighted by Gasteiger charge is 2.17. The van der Waals surface area contributed by atoms with Crippen molar-refractivity contribution in [2.24, 2.45) is 0 Å².